The molecule has 0 aliphatic rings. The van der Waals surface area contributed by atoms with Gasteiger partial charge in [0.25, 0.3) is 0 Å². The lowest BCUT2D eigenvalue weighted by molar-refractivity contribution is 0.198. The van der Waals surface area contributed by atoms with Crippen LogP contribution in [0, 0.1) is 0 Å². The second-order valence-corrected chi connectivity index (χ2v) is 4.98. The van der Waals surface area contributed by atoms with Crippen LogP contribution in [0.1, 0.15) is 5.56 Å². The van der Waals surface area contributed by atoms with Gasteiger partial charge in [0.2, 0.25) is 5.88 Å². The molecule has 0 atom stereocenters. The summed E-state index contributed by atoms with van der Waals surface area (Å²) in [5, 5.41) is 2.69. The molecule has 4 nitrogen and oxygen atoms in total. The fourth-order valence-electron chi connectivity index (χ4n) is 2.14. The Balaban J connectivity index is 1.57. The van der Waals surface area contributed by atoms with Crippen LogP contribution in [0.4, 0.5) is 4.79 Å². The first-order chi connectivity index (χ1) is 11.3. The Labute approximate surface area is 134 Å². The predicted molar refractivity (Wildman–Crippen MR) is 89.0 cm³/mol. The molecular weight excluding hydrogens is 288 g/mol. The summed E-state index contributed by atoms with van der Waals surface area (Å²) in [5.41, 5.74) is 3.06. The first-order valence-electron chi connectivity index (χ1n) is 7.32. The summed E-state index contributed by atoms with van der Waals surface area (Å²) in [6.07, 6.45) is 1.17. The van der Waals surface area contributed by atoms with Crippen molar-refractivity contribution in [1.29, 1.82) is 0 Å². The quantitative estimate of drug-likeness (QED) is 0.791. The first-order valence-corrected chi connectivity index (χ1v) is 7.32. The number of hydrogen-bond acceptors (Lipinski definition) is 3. The number of hydrogen-bond donors (Lipinski definition) is 1. The van der Waals surface area contributed by atoms with E-state index in [9.17, 15) is 4.79 Å². The monoisotopic (exact) mass is 304 g/mol. The highest BCUT2D eigenvalue weighted by Crippen LogP contribution is 2.19. The van der Waals surface area contributed by atoms with E-state index >= 15 is 0 Å². The minimum absolute atomic E-state index is 0.273. The van der Waals surface area contributed by atoms with E-state index in [0.29, 0.717) is 6.54 Å². The molecule has 3 rings (SSSR count). The third-order valence-corrected chi connectivity index (χ3v) is 3.32. The Morgan fingerprint density at radius 1 is 0.870 bits per heavy atom. The van der Waals surface area contributed by atoms with E-state index in [1.165, 1.54) is 0 Å². The molecule has 114 valence electrons. The Morgan fingerprint density at radius 2 is 1.57 bits per heavy atom. The van der Waals surface area contributed by atoms with Crippen molar-refractivity contribution < 1.29 is 9.53 Å². The molecule has 0 radical (unpaired) electrons. The SMILES string of the molecule is O=C(NCc1ccccc1)Oc1ccc(-c2ccccc2)cn1. The number of amides is 1. The Hall–Kier alpha value is -3.14. The van der Waals surface area contributed by atoms with Crippen molar-refractivity contribution in [3.05, 3.63) is 84.6 Å². The minimum atomic E-state index is -0.520. The molecule has 3 aromatic rings. The van der Waals surface area contributed by atoms with Crippen LogP contribution >= 0.6 is 0 Å². The lowest BCUT2D eigenvalue weighted by Crippen LogP contribution is -2.26. The van der Waals surface area contributed by atoms with Crippen molar-refractivity contribution in [3.63, 3.8) is 0 Å². The molecule has 0 saturated heterocycles. The van der Waals surface area contributed by atoms with Gasteiger partial charge in [-0.1, -0.05) is 60.7 Å². The highest BCUT2D eigenvalue weighted by Gasteiger charge is 2.06. The van der Waals surface area contributed by atoms with Crippen LogP contribution in [0.5, 0.6) is 5.88 Å². The smallest absolute Gasteiger partial charge is 0.391 e. The van der Waals surface area contributed by atoms with Gasteiger partial charge in [-0.3, -0.25) is 0 Å². The summed E-state index contributed by atoms with van der Waals surface area (Å²) < 4.78 is 5.17. The van der Waals surface area contributed by atoms with Crippen LogP contribution in [0.2, 0.25) is 0 Å². The second-order valence-electron chi connectivity index (χ2n) is 4.98. The molecular formula is C19H16N2O2. The summed E-state index contributed by atoms with van der Waals surface area (Å²) in [6.45, 7) is 0.418. The van der Waals surface area contributed by atoms with E-state index in [0.717, 1.165) is 16.7 Å². The summed E-state index contributed by atoms with van der Waals surface area (Å²) in [4.78, 5) is 15.9. The Bertz CT molecular complexity index is 756. The van der Waals surface area contributed by atoms with E-state index in [2.05, 4.69) is 10.3 Å². The summed E-state index contributed by atoms with van der Waals surface area (Å²) in [6, 6.07) is 23.1. The number of nitrogens with one attached hydrogen (secondary N) is 1. The third-order valence-electron chi connectivity index (χ3n) is 3.32. The molecule has 0 aliphatic heterocycles. The molecule has 1 N–H and O–H groups in total. The third kappa shape index (κ3) is 4.17. The van der Waals surface area contributed by atoms with Crippen molar-refractivity contribution >= 4 is 6.09 Å². The zero-order valence-electron chi connectivity index (χ0n) is 12.5. The van der Waals surface area contributed by atoms with Gasteiger partial charge in [-0.2, -0.15) is 0 Å². The van der Waals surface area contributed by atoms with Gasteiger partial charge >= 0.3 is 6.09 Å². The van der Waals surface area contributed by atoms with Gasteiger partial charge in [0, 0.05) is 24.4 Å². The number of pyridine rings is 1. The molecule has 0 aliphatic carbocycles. The maximum Gasteiger partial charge on any atom is 0.414 e. The van der Waals surface area contributed by atoms with Gasteiger partial charge in [-0.15, -0.1) is 0 Å². The Kier molecular flexibility index (Phi) is 4.64. The van der Waals surface area contributed by atoms with Crippen molar-refractivity contribution in [2.75, 3.05) is 0 Å². The second kappa shape index (κ2) is 7.22. The summed E-state index contributed by atoms with van der Waals surface area (Å²) in [7, 11) is 0. The van der Waals surface area contributed by atoms with Crippen LogP contribution in [0.25, 0.3) is 11.1 Å². The fraction of sp³-hybridized carbons (Fsp3) is 0.0526. The van der Waals surface area contributed by atoms with Gasteiger partial charge in [0.05, 0.1) is 0 Å². The first kappa shape index (κ1) is 14.8. The molecule has 0 bridgehead atoms. The topological polar surface area (TPSA) is 51.2 Å². The van der Waals surface area contributed by atoms with Crippen molar-refractivity contribution in [3.8, 4) is 17.0 Å². The minimum Gasteiger partial charge on any atom is -0.391 e. The maximum atomic E-state index is 11.8. The van der Waals surface area contributed by atoms with E-state index in [-0.39, 0.29) is 5.88 Å². The Morgan fingerprint density at radius 3 is 2.22 bits per heavy atom. The van der Waals surface area contributed by atoms with Crippen molar-refractivity contribution in [1.82, 2.24) is 10.3 Å². The number of aromatic nitrogens is 1. The normalized spacial score (nSPS) is 10.1. The molecule has 0 spiro atoms. The van der Waals surface area contributed by atoms with E-state index in [1.54, 1.807) is 12.3 Å². The molecule has 1 amide bonds. The molecule has 0 fully saturated rings. The van der Waals surface area contributed by atoms with Crippen LogP contribution in [0.3, 0.4) is 0 Å². The number of carbonyl (C=O) groups is 1. The van der Waals surface area contributed by atoms with Gasteiger partial charge in [0.15, 0.2) is 0 Å². The van der Waals surface area contributed by atoms with Crippen molar-refractivity contribution in [2.45, 2.75) is 6.54 Å². The number of nitrogens with zero attached hydrogens (tertiary/aromatic N) is 1. The zero-order valence-corrected chi connectivity index (χ0v) is 12.5. The molecule has 0 saturated carbocycles. The van der Waals surface area contributed by atoms with Gasteiger partial charge in [-0.25, -0.2) is 9.78 Å². The zero-order chi connectivity index (χ0) is 15.9. The van der Waals surface area contributed by atoms with Crippen molar-refractivity contribution in [2.24, 2.45) is 0 Å². The lowest BCUT2D eigenvalue weighted by Gasteiger charge is -2.07. The number of carbonyl (C=O) groups excluding carboxylic acids is 1. The van der Waals surface area contributed by atoms with Crippen LogP contribution in [-0.4, -0.2) is 11.1 Å². The molecule has 1 aromatic heterocycles. The average Bonchev–Trinajstić information content (AvgIpc) is 2.62. The fourth-order valence-corrected chi connectivity index (χ4v) is 2.14. The van der Waals surface area contributed by atoms with Gasteiger partial charge in [-0.05, 0) is 17.2 Å². The number of benzene rings is 2. The van der Waals surface area contributed by atoms with E-state index in [4.69, 9.17) is 4.74 Å². The highest BCUT2D eigenvalue weighted by atomic mass is 16.6. The van der Waals surface area contributed by atoms with E-state index in [1.807, 2.05) is 66.7 Å². The average molecular weight is 304 g/mol. The maximum absolute atomic E-state index is 11.8. The number of rotatable bonds is 4. The predicted octanol–water partition coefficient (Wildman–Crippen LogP) is 4.04. The van der Waals surface area contributed by atoms with Crippen LogP contribution in [0.15, 0.2) is 79.0 Å². The standard InChI is InChI=1S/C19H16N2O2/c22-19(21-13-15-7-3-1-4-8-15)23-18-12-11-17(14-20-18)16-9-5-2-6-10-16/h1-12,14H,13H2,(H,21,22). The lowest BCUT2D eigenvalue weighted by atomic mass is 10.1. The molecule has 2 aromatic carbocycles. The highest BCUT2D eigenvalue weighted by molar-refractivity contribution is 5.70. The van der Waals surface area contributed by atoms with E-state index < -0.39 is 6.09 Å². The van der Waals surface area contributed by atoms with Gasteiger partial charge in [0.1, 0.15) is 0 Å². The summed E-state index contributed by atoms with van der Waals surface area (Å²) >= 11 is 0. The number of ether oxygens (including phenoxy) is 1. The largest absolute Gasteiger partial charge is 0.414 e. The van der Waals surface area contributed by atoms with Crippen LogP contribution in [-0.2, 0) is 6.54 Å². The molecule has 0 unspecified atom stereocenters. The summed E-state index contributed by atoms with van der Waals surface area (Å²) in [5.74, 6) is 0.273. The molecule has 1 heterocycles. The molecule has 4 heteroatoms. The van der Waals surface area contributed by atoms with Gasteiger partial charge < -0.3 is 10.1 Å². The van der Waals surface area contributed by atoms with Crippen LogP contribution < -0.4 is 10.1 Å². The molecule has 23 heavy (non-hydrogen) atoms.